The first-order valence-electron chi connectivity index (χ1n) is 7.30. The molecular weight excluding hydrogens is 302 g/mol. The third-order valence-corrected chi connectivity index (χ3v) is 3.49. The lowest BCUT2D eigenvalue weighted by Gasteiger charge is -2.25. The lowest BCUT2D eigenvalue weighted by Crippen LogP contribution is -2.39. The normalized spacial score (nSPS) is 15.0. The van der Waals surface area contributed by atoms with Gasteiger partial charge in [-0.3, -0.25) is 9.89 Å². The molecular formula is C16H22ClN3O2. The number of rotatable bonds is 3. The maximum absolute atomic E-state index is 12.3. The first kappa shape index (κ1) is 16.8. The summed E-state index contributed by atoms with van der Waals surface area (Å²) in [6.45, 7) is 7.34. The average Bonchev–Trinajstić information content (AvgIpc) is 2.88. The molecule has 1 heterocycles. The third kappa shape index (κ3) is 3.99. The van der Waals surface area contributed by atoms with Crippen molar-refractivity contribution >= 4 is 23.5 Å². The highest BCUT2D eigenvalue weighted by atomic mass is 35.5. The fourth-order valence-electron chi connectivity index (χ4n) is 2.21. The zero-order chi connectivity index (χ0) is 16.3. The molecule has 1 N–H and O–H groups in total. The molecule has 5 nitrogen and oxygen atoms in total. The van der Waals surface area contributed by atoms with E-state index < -0.39 is 5.60 Å². The maximum atomic E-state index is 12.3. The van der Waals surface area contributed by atoms with Gasteiger partial charge in [0.05, 0.1) is 13.1 Å². The van der Waals surface area contributed by atoms with Crippen molar-refractivity contribution in [2.75, 3.05) is 20.1 Å². The molecule has 1 amide bonds. The van der Waals surface area contributed by atoms with Crippen LogP contribution in [0.2, 0.25) is 5.02 Å². The van der Waals surface area contributed by atoms with Crippen molar-refractivity contribution in [2.24, 2.45) is 4.99 Å². The second-order valence-electron chi connectivity index (χ2n) is 6.17. The predicted molar refractivity (Wildman–Crippen MR) is 88.6 cm³/mol. The Labute approximate surface area is 136 Å². The molecule has 0 aromatic heterocycles. The van der Waals surface area contributed by atoms with E-state index in [9.17, 15) is 4.79 Å². The van der Waals surface area contributed by atoms with E-state index in [-0.39, 0.29) is 6.09 Å². The zero-order valence-corrected chi connectivity index (χ0v) is 14.2. The van der Waals surface area contributed by atoms with Crippen molar-refractivity contribution in [3.05, 3.63) is 34.3 Å². The number of benzene rings is 1. The third-order valence-electron chi connectivity index (χ3n) is 3.13. The Kier molecular flexibility index (Phi) is 5.08. The molecule has 1 aromatic rings. The topological polar surface area (TPSA) is 53.9 Å². The number of aliphatic imine (C=N–C) groups is 1. The second-order valence-corrected chi connectivity index (χ2v) is 6.58. The van der Waals surface area contributed by atoms with Gasteiger partial charge in [0.2, 0.25) is 0 Å². The lowest BCUT2D eigenvalue weighted by atomic mass is 10.1. The van der Waals surface area contributed by atoms with Gasteiger partial charge in [-0.15, -0.1) is 0 Å². The van der Waals surface area contributed by atoms with Gasteiger partial charge in [-0.1, -0.05) is 23.7 Å². The van der Waals surface area contributed by atoms with E-state index >= 15 is 0 Å². The molecule has 0 unspecified atom stereocenters. The Morgan fingerprint density at radius 1 is 1.45 bits per heavy atom. The van der Waals surface area contributed by atoms with E-state index in [2.05, 4.69) is 10.3 Å². The minimum atomic E-state index is -0.529. The SMILES string of the molecule is CNCc1ccc(C2=NCCN2C(=O)OC(C)(C)C)cc1Cl. The molecule has 0 radical (unpaired) electrons. The molecule has 0 saturated heterocycles. The molecule has 6 heteroatoms. The number of halogens is 1. The van der Waals surface area contributed by atoms with E-state index in [1.54, 1.807) is 4.90 Å². The van der Waals surface area contributed by atoms with Gasteiger partial charge in [-0.05, 0) is 39.4 Å². The van der Waals surface area contributed by atoms with Crippen LogP contribution in [-0.4, -0.2) is 42.6 Å². The summed E-state index contributed by atoms with van der Waals surface area (Å²) >= 11 is 6.29. The molecule has 1 aliphatic heterocycles. The summed E-state index contributed by atoms with van der Waals surface area (Å²) in [5.41, 5.74) is 1.31. The van der Waals surface area contributed by atoms with Crippen LogP contribution in [0.15, 0.2) is 23.2 Å². The van der Waals surface area contributed by atoms with Gasteiger partial charge in [0.15, 0.2) is 0 Å². The van der Waals surface area contributed by atoms with Crippen LogP contribution in [-0.2, 0) is 11.3 Å². The summed E-state index contributed by atoms with van der Waals surface area (Å²) in [7, 11) is 1.87. The van der Waals surface area contributed by atoms with E-state index in [1.165, 1.54) is 0 Å². The minimum Gasteiger partial charge on any atom is -0.443 e. The second kappa shape index (κ2) is 6.67. The van der Waals surface area contributed by atoms with Gasteiger partial charge >= 0.3 is 6.09 Å². The largest absolute Gasteiger partial charge is 0.443 e. The summed E-state index contributed by atoms with van der Waals surface area (Å²) < 4.78 is 5.43. The van der Waals surface area contributed by atoms with Gasteiger partial charge in [-0.25, -0.2) is 4.79 Å². The van der Waals surface area contributed by atoms with Crippen LogP contribution in [0.4, 0.5) is 4.79 Å². The molecule has 0 saturated carbocycles. The summed E-state index contributed by atoms with van der Waals surface area (Å²) in [4.78, 5) is 18.3. The summed E-state index contributed by atoms with van der Waals surface area (Å²) in [5, 5.41) is 3.73. The van der Waals surface area contributed by atoms with Gasteiger partial charge < -0.3 is 10.1 Å². The van der Waals surface area contributed by atoms with Crippen molar-refractivity contribution in [2.45, 2.75) is 32.9 Å². The quantitative estimate of drug-likeness (QED) is 0.930. The van der Waals surface area contributed by atoms with E-state index in [0.29, 0.717) is 30.5 Å². The first-order chi connectivity index (χ1) is 10.3. The first-order valence-corrected chi connectivity index (χ1v) is 7.68. The van der Waals surface area contributed by atoms with E-state index in [0.717, 1.165) is 11.1 Å². The molecule has 1 aromatic carbocycles. The highest BCUT2D eigenvalue weighted by molar-refractivity contribution is 6.31. The van der Waals surface area contributed by atoms with Crippen molar-refractivity contribution in [1.82, 2.24) is 10.2 Å². The number of carbonyl (C=O) groups excluding carboxylic acids is 1. The van der Waals surface area contributed by atoms with Gasteiger partial charge in [0.1, 0.15) is 11.4 Å². The fraction of sp³-hybridized carbons (Fsp3) is 0.500. The van der Waals surface area contributed by atoms with Gasteiger partial charge in [0.25, 0.3) is 0 Å². The van der Waals surface area contributed by atoms with Crippen molar-refractivity contribution in [1.29, 1.82) is 0 Å². The van der Waals surface area contributed by atoms with E-state index in [1.807, 2.05) is 46.0 Å². The van der Waals surface area contributed by atoms with Crippen LogP contribution in [0.5, 0.6) is 0 Å². The number of nitrogens with one attached hydrogen (secondary N) is 1. The summed E-state index contributed by atoms with van der Waals surface area (Å²) in [5.74, 6) is 0.618. The number of nitrogens with zero attached hydrogens (tertiary/aromatic N) is 2. The van der Waals surface area contributed by atoms with Crippen LogP contribution < -0.4 is 5.32 Å². The van der Waals surface area contributed by atoms with Crippen LogP contribution in [0, 0.1) is 0 Å². The molecule has 0 fully saturated rings. The highest BCUT2D eigenvalue weighted by Crippen LogP contribution is 2.22. The fourth-order valence-corrected chi connectivity index (χ4v) is 2.46. The Balaban J connectivity index is 2.20. The number of ether oxygens (including phenoxy) is 1. The van der Waals surface area contributed by atoms with Crippen molar-refractivity contribution < 1.29 is 9.53 Å². The highest BCUT2D eigenvalue weighted by Gasteiger charge is 2.29. The monoisotopic (exact) mass is 323 g/mol. The van der Waals surface area contributed by atoms with Gasteiger partial charge in [0, 0.05) is 17.1 Å². The molecule has 0 atom stereocenters. The zero-order valence-electron chi connectivity index (χ0n) is 13.4. The molecule has 120 valence electrons. The van der Waals surface area contributed by atoms with E-state index in [4.69, 9.17) is 16.3 Å². The molecule has 2 rings (SSSR count). The summed E-state index contributed by atoms with van der Waals surface area (Å²) in [6.07, 6.45) is -0.376. The summed E-state index contributed by atoms with van der Waals surface area (Å²) in [6, 6.07) is 5.72. The lowest BCUT2D eigenvalue weighted by molar-refractivity contribution is 0.0385. The number of carbonyl (C=O) groups is 1. The smallest absolute Gasteiger partial charge is 0.416 e. The van der Waals surface area contributed by atoms with Crippen molar-refractivity contribution in [3.8, 4) is 0 Å². The number of hydrogen-bond donors (Lipinski definition) is 1. The molecule has 1 aliphatic rings. The molecule has 0 bridgehead atoms. The standard InChI is InChI=1S/C16H22ClN3O2/c1-16(2,3)22-15(21)20-8-7-19-14(20)11-5-6-12(10-18-4)13(17)9-11/h5-6,9,18H,7-8,10H2,1-4H3. The van der Waals surface area contributed by atoms with Crippen LogP contribution in [0.25, 0.3) is 0 Å². The minimum absolute atomic E-state index is 0.376. The number of hydrogen-bond acceptors (Lipinski definition) is 4. The Morgan fingerprint density at radius 3 is 2.77 bits per heavy atom. The Bertz CT molecular complexity index is 594. The molecule has 22 heavy (non-hydrogen) atoms. The van der Waals surface area contributed by atoms with Crippen LogP contribution in [0.1, 0.15) is 31.9 Å². The Morgan fingerprint density at radius 2 is 2.18 bits per heavy atom. The molecule has 0 aliphatic carbocycles. The van der Waals surface area contributed by atoms with Crippen LogP contribution >= 0.6 is 11.6 Å². The number of amides is 1. The predicted octanol–water partition coefficient (Wildman–Crippen LogP) is 3.06. The molecule has 0 spiro atoms. The average molecular weight is 324 g/mol. The number of amidine groups is 1. The van der Waals surface area contributed by atoms with Gasteiger partial charge in [-0.2, -0.15) is 0 Å². The van der Waals surface area contributed by atoms with Crippen LogP contribution in [0.3, 0.4) is 0 Å². The Hall–Kier alpha value is -1.59. The maximum Gasteiger partial charge on any atom is 0.416 e. The van der Waals surface area contributed by atoms with Crippen molar-refractivity contribution in [3.63, 3.8) is 0 Å².